The lowest BCUT2D eigenvalue weighted by Crippen LogP contribution is -2.23. The lowest BCUT2D eigenvalue weighted by Gasteiger charge is -2.15. The van der Waals surface area contributed by atoms with E-state index < -0.39 is 17.7 Å². The molecule has 2 aromatic carbocycles. The number of hydrogen-bond donors (Lipinski definition) is 0. The molecule has 10 heteroatoms. The molecule has 0 unspecified atom stereocenters. The molecular formula is C24H19F3N4O3. The number of alkyl halides is 3. The van der Waals surface area contributed by atoms with Crippen LogP contribution in [0, 0.1) is 5.92 Å². The molecule has 2 aromatic heterocycles. The molecule has 0 amide bonds. The molecule has 7 nitrogen and oxygen atoms in total. The van der Waals surface area contributed by atoms with Gasteiger partial charge in [-0.2, -0.15) is 14.8 Å². The van der Waals surface area contributed by atoms with Crippen LogP contribution in [0.15, 0.2) is 65.7 Å². The molecule has 1 aliphatic rings. The molecule has 2 heterocycles. The van der Waals surface area contributed by atoms with Gasteiger partial charge in [0.05, 0.1) is 23.9 Å². The number of nitrogens with zero attached hydrogens (tertiary/aromatic N) is 4. The Balaban J connectivity index is 1.54. The van der Waals surface area contributed by atoms with Crippen LogP contribution in [-0.2, 0) is 6.42 Å². The van der Waals surface area contributed by atoms with Gasteiger partial charge in [-0.15, -0.1) is 13.2 Å². The summed E-state index contributed by atoms with van der Waals surface area (Å²) >= 11 is 0. The second-order valence-electron chi connectivity index (χ2n) is 8.03. The van der Waals surface area contributed by atoms with Gasteiger partial charge < -0.3 is 9.47 Å². The van der Waals surface area contributed by atoms with E-state index in [-0.39, 0.29) is 6.42 Å². The minimum absolute atomic E-state index is 0.0337. The summed E-state index contributed by atoms with van der Waals surface area (Å²) in [5, 5.41) is 5.33. The first-order chi connectivity index (χ1) is 16.4. The smallest absolute Gasteiger partial charge is 0.477 e. The van der Waals surface area contributed by atoms with E-state index in [4.69, 9.17) is 4.74 Å². The highest BCUT2D eigenvalue weighted by Gasteiger charge is 2.31. The van der Waals surface area contributed by atoms with Gasteiger partial charge in [-0.05, 0) is 48.6 Å². The highest BCUT2D eigenvalue weighted by molar-refractivity contribution is 5.80. The lowest BCUT2D eigenvalue weighted by molar-refractivity contribution is -0.274. The fourth-order valence-corrected chi connectivity index (χ4v) is 3.57. The van der Waals surface area contributed by atoms with Gasteiger partial charge in [0.25, 0.3) is 5.56 Å². The van der Waals surface area contributed by atoms with Crippen LogP contribution in [0.1, 0.15) is 24.2 Å². The second-order valence-corrected chi connectivity index (χ2v) is 8.03. The van der Waals surface area contributed by atoms with Crippen LogP contribution in [-0.4, -0.2) is 32.7 Å². The number of hydrogen-bond acceptors (Lipinski definition) is 6. The molecule has 0 saturated heterocycles. The van der Waals surface area contributed by atoms with Crippen LogP contribution in [0.2, 0.25) is 0 Å². The summed E-state index contributed by atoms with van der Waals surface area (Å²) in [6.07, 6.45) is 0.488. The number of aromatic nitrogens is 4. The average Bonchev–Trinajstić information content (AvgIpc) is 3.63. The zero-order chi connectivity index (χ0) is 23.7. The van der Waals surface area contributed by atoms with Crippen molar-refractivity contribution in [1.82, 2.24) is 19.7 Å². The average molecular weight is 468 g/mol. The highest BCUT2D eigenvalue weighted by Crippen LogP contribution is 2.30. The number of rotatable bonds is 7. The van der Waals surface area contributed by atoms with Gasteiger partial charge in [-0.1, -0.05) is 18.2 Å². The molecule has 34 heavy (non-hydrogen) atoms. The number of benzene rings is 2. The van der Waals surface area contributed by atoms with E-state index in [9.17, 15) is 18.0 Å². The van der Waals surface area contributed by atoms with Crippen LogP contribution < -0.4 is 15.0 Å². The van der Waals surface area contributed by atoms with E-state index in [1.807, 2.05) is 0 Å². The number of fused-ring (bicyclic) bond motifs is 1. The van der Waals surface area contributed by atoms with Crippen molar-refractivity contribution in [2.24, 2.45) is 5.92 Å². The first-order valence-electron chi connectivity index (χ1n) is 10.7. The topological polar surface area (TPSA) is 79.1 Å². The molecule has 0 aliphatic heterocycles. The summed E-state index contributed by atoms with van der Waals surface area (Å²) in [6, 6.07) is 12.3. The maximum atomic E-state index is 13.1. The fraction of sp³-hybridized carbons (Fsp3) is 0.250. The van der Waals surface area contributed by atoms with E-state index in [2.05, 4.69) is 19.8 Å². The Morgan fingerprint density at radius 3 is 2.71 bits per heavy atom. The molecule has 0 atom stereocenters. The summed E-state index contributed by atoms with van der Waals surface area (Å²) in [4.78, 5) is 21.7. The predicted molar refractivity (Wildman–Crippen MR) is 117 cm³/mol. The third kappa shape index (κ3) is 5.00. The van der Waals surface area contributed by atoms with Crippen LogP contribution in [0.4, 0.5) is 13.2 Å². The van der Waals surface area contributed by atoms with Crippen LogP contribution >= 0.6 is 0 Å². The maximum Gasteiger partial charge on any atom is 0.573 e. The van der Waals surface area contributed by atoms with Crippen LogP contribution in [0.5, 0.6) is 11.6 Å². The van der Waals surface area contributed by atoms with Gasteiger partial charge in [-0.25, -0.2) is 4.98 Å². The molecule has 0 spiro atoms. The number of halogens is 3. The SMILES string of the molecule is O=c1c2ccccc2cnn1-c1ccc(OC(F)(F)F)cc1Cc1nccc(OCC2CC2)n1. The van der Waals surface area contributed by atoms with E-state index in [1.54, 1.807) is 30.3 Å². The zero-order valence-electron chi connectivity index (χ0n) is 17.8. The van der Waals surface area contributed by atoms with Crippen molar-refractivity contribution in [3.63, 3.8) is 0 Å². The van der Waals surface area contributed by atoms with Crippen molar-refractivity contribution >= 4 is 10.8 Å². The van der Waals surface area contributed by atoms with E-state index in [0.29, 0.717) is 46.3 Å². The summed E-state index contributed by atoms with van der Waals surface area (Å²) in [7, 11) is 0. The Labute approximate surface area is 191 Å². The molecule has 0 N–H and O–H groups in total. The summed E-state index contributed by atoms with van der Waals surface area (Å²) in [6.45, 7) is 0.563. The highest BCUT2D eigenvalue weighted by atomic mass is 19.4. The summed E-state index contributed by atoms with van der Waals surface area (Å²) < 4.78 is 49.5. The Kier molecular flexibility index (Phi) is 5.64. The molecule has 1 saturated carbocycles. The molecular weight excluding hydrogens is 449 g/mol. The summed E-state index contributed by atoms with van der Waals surface area (Å²) in [5.41, 5.74) is 0.246. The maximum absolute atomic E-state index is 13.1. The molecule has 1 aliphatic carbocycles. The van der Waals surface area contributed by atoms with Gasteiger partial charge in [-0.3, -0.25) is 4.79 Å². The Morgan fingerprint density at radius 1 is 1.09 bits per heavy atom. The van der Waals surface area contributed by atoms with Gasteiger partial charge >= 0.3 is 6.36 Å². The minimum Gasteiger partial charge on any atom is -0.477 e. The fourth-order valence-electron chi connectivity index (χ4n) is 3.57. The normalized spacial score (nSPS) is 13.7. The van der Waals surface area contributed by atoms with Gasteiger partial charge in [0.15, 0.2) is 0 Å². The zero-order valence-corrected chi connectivity index (χ0v) is 17.8. The largest absolute Gasteiger partial charge is 0.573 e. The monoisotopic (exact) mass is 468 g/mol. The molecule has 1 fully saturated rings. The van der Waals surface area contributed by atoms with E-state index in [0.717, 1.165) is 23.6 Å². The summed E-state index contributed by atoms with van der Waals surface area (Å²) in [5.74, 6) is 0.836. The van der Waals surface area contributed by atoms with Gasteiger partial charge in [0.2, 0.25) is 5.88 Å². The second kappa shape index (κ2) is 8.77. The predicted octanol–water partition coefficient (Wildman–Crippen LogP) is 4.45. The molecule has 0 bridgehead atoms. The van der Waals surface area contributed by atoms with Crippen molar-refractivity contribution in [1.29, 1.82) is 0 Å². The minimum atomic E-state index is -4.86. The third-order valence-electron chi connectivity index (χ3n) is 5.40. The van der Waals surface area contributed by atoms with Crippen molar-refractivity contribution < 1.29 is 22.6 Å². The molecule has 174 valence electrons. The molecule has 4 aromatic rings. The van der Waals surface area contributed by atoms with Crippen molar-refractivity contribution in [3.05, 3.63) is 82.7 Å². The first-order valence-corrected chi connectivity index (χ1v) is 10.7. The van der Waals surface area contributed by atoms with Crippen LogP contribution in [0.3, 0.4) is 0 Å². The lowest BCUT2D eigenvalue weighted by atomic mass is 10.1. The standard InChI is InChI=1S/C24H19F3N4O3/c25-24(26,27)34-18-7-8-20(31-23(32)19-4-2-1-3-16(19)13-29-31)17(11-18)12-21-28-10-9-22(30-21)33-14-15-5-6-15/h1-4,7-11,13,15H,5-6,12,14H2. The van der Waals surface area contributed by atoms with Crippen molar-refractivity contribution in [2.45, 2.75) is 25.6 Å². The number of ether oxygens (including phenoxy) is 2. The molecule has 0 radical (unpaired) electrons. The van der Waals surface area contributed by atoms with E-state index >= 15 is 0 Å². The Bertz CT molecular complexity index is 1400. The molecule has 5 rings (SSSR count). The van der Waals surface area contributed by atoms with Gasteiger partial charge in [0, 0.05) is 24.1 Å². The van der Waals surface area contributed by atoms with Gasteiger partial charge in [0.1, 0.15) is 11.6 Å². The van der Waals surface area contributed by atoms with Crippen molar-refractivity contribution in [2.75, 3.05) is 6.61 Å². The van der Waals surface area contributed by atoms with Crippen LogP contribution in [0.25, 0.3) is 16.5 Å². The quantitative estimate of drug-likeness (QED) is 0.399. The Hall–Kier alpha value is -3.95. The van der Waals surface area contributed by atoms with Crippen molar-refractivity contribution in [3.8, 4) is 17.3 Å². The Morgan fingerprint density at radius 2 is 1.91 bits per heavy atom. The van der Waals surface area contributed by atoms with E-state index in [1.165, 1.54) is 24.5 Å². The first kappa shape index (κ1) is 21.9. The third-order valence-corrected chi connectivity index (χ3v) is 5.40.